The Kier molecular flexibility index (Phi) is 6.59. The van der Waals surface area contributed by atoms with Gasteiger partial charge in [0, 0.05) is 48.9 Å². The van der Waals surface area contributed by atoms with Crippen LogP contribution in [0.1, 0.15) is 68.7 Å². The Bertz CT molecular complexity index is 908. The van der Waals surface area contributed by atoms with Crippen LogP contribution in [0.2, 0.25) is 0 Å². The molecule has 1 saturated heterocycles. The van der Waals surface area contributed by atoms with Crippen LogP contribution in [0, 0.1) is 19.8 Å². The standard InChI is InChI=1S/C26H36N4O/c1-18(2)23-20(4)27-24(21-12-10-19(3)11-13-21)28-25(23)29-14-16-30(17-15-29)26(31)22-8-6-5-7-9-22/h10-13,18,22H,5-9,14-17H2,1-4H3. The molecule has 166 valence electrons. The zero-order chi connectivity index (χ0) is 22.0. The van der Waals surface area contributed by atoms with Gasteiger partial charge in [0.2, 0.25) is 5.91 Å². The van der Waals surface area contributed by atoms with Gasteiger partial charge in [0.15, 0.2) is 5.82 Å². The maximum absolute atomic E-state index is 13.0. The van der Waals surface area contributed by atoms with Gasteiger partial charge in [0.1, 0.15) is 5.82 Å². The Morgan fingerprint density at radius 1 is 0.935 bits per heavy atom. The lowest BCUT2D eigenvalue weighted by atomic mass is 9.88. The quantitative estimate of drug-likeness (QED) is 0.689. The molecule has 4 rings (SSSR count). The molecule has 1 aliphatic heterocycles. The number of piperazine rings is 1. The van der Waals surface area contributed by atoms with E-state index in [1.54, 1.807) is 0 Å². The molecule has 1 aromatic carbocycles. The van der Waals surface area contributed by atoms with E-state index < -0.39 is 0 Å². The molecule has 0 spiro atoms. The lowest BCUT2D eigenvalue weighted by Gasteiger charge is -2.38. The summed E-state index contributed by atoms with van der Waals surface area (Å²) >= 11 is 0. The van der Waals surface area contributed by atoms with E-state index in [1.807, 2.05) is 0 Å². The van der Waals surface area contributed by atoms with Gasteiger partial charge >= 0.3 is 0 Å². The van der Waals surface area contributed by atoms with Crippen LogP contribution in [0.25, 0.3) is 11.4 Å². The third-order valence-corrected chi connectivity index (χ3v) is 6.85. The summed E-state index contributed by atoms with van der Waals surface area (Å²) in [4.78, 5) is 27.3. The van der Waals surface area contributed by atoms with E-state index in [0.29, 0.717) is 11.8 Å². The van der Waals surface area contributed by atoms with Gasteiger partial charge in [-0.2, -0.15) is 0 Å². The molecule has 1 amide bonds. The fourth-order valence-electron chi connectivity index (χ4n) is 5.06. The summed E-state index contributed by atoms with van der Waals surface area (Å²) in [6.45, 7) is 11.9. The molecule has 2 fully saturated rings. The fourth-order valence-corrected chi connectivity index (χ4v) is 5.06. The lowest BCUT2D eigenvalue weighted by Crippen LogP contribution is -2.51. The van der Waals surface area contributed by atoms with E-state index in [0.717, 1.165) is 61.9 Å². The van der Waals surface area contributed by atoms with Gasteiger partial charge in [0.05, 0.1) is 0 Å². The van der Waals surface area contributed by atoms with Crippen molar-refractivity contribution >= 4 is 11.7 Å². The molecule has 0 N–H and O–H groups in total. The van der Waals surface area contributed by atoms with E-state index >= 15 is 0 Å². The average molecular weight is 421 g/mol. The summed E-state index contributed by atoms with van der Waals surface area (Å²) in [7, 11) is 0. The molecule has 0 bridgehead atoms. The van der Waals surface area contributed by atoms with Crippen molar-refractivity contribution in [2.24, 2.45) is 5.92 Å². The molecule has 0 radical (unpaired) electrons. The Labute approximate surface area is 186 Å². The number of carbonyl (C=O) groups is 1. The topological polar surface area (TPSA) is 49.3 Å². The van der Waals surface area contributed by atoms with Crippen molar-refractivity contribution in [1.82, 2.24) is 14.9 Å². The second kappa shape index (κ2) is 9.37. The monoisotopic (exact) mass is 420 g/mol. The summed E-state index contributed by atoms with van der Waals surface area (Å²) in [5.41, 5.74) is 4.56. The fraction of sp³-hybridized carbons (Fsp3) is 0.577. The number of aryl methyl sites for hydroxylation is 2. The minimum atomic E-state index is 0.251. The molecule has 31 heavy (non-hydrogen) atoms. The highest BCUT2D eigenvalue weighted by atomic mass is 16.2. The van der Waals surface area contributed by atoms with Crippen molar-refractivity contribution in [3.05, 3.63) is 41.1 Å². The van der Waals surface area contributed by atoms with E-state index in [9.17, 15) is 4.79 Å². The van der Waals surface area contributed by atoms with Crippen LogP contribution < -0.4 is 4.90 Å². The Hall–Kier alpha value is -2.43. The number of benzene rings is 1. The minimum Gasteiger partial charge on any atom is -0.353 e. The van der Waals surface area contributed by atoms with Crippen molar-refractivity contribution in [3.8, 4) is 11.4 Å². The third-order valence-electron chi connectivity index (χ3n) is 6.85. The van der Waals surface area contributed by atoms with Gasteiger partial charge in [-0.05, 0) is 32.6 Å². The minimum absolute atomic E-state index is 0.251. The predicted octanol–water partition coefficient (Wildman–Crippen LogP) is 5.11. The van der Waals surface area contributed by atoms with Crippen LogP contribution in [-0.2, 0) is 4.79 Å². The Balaban J connectivity index is 1.55. The first-order valence-electron chi connectivity index (χ1n) is 11.9. The van der Waals surface area contributed by atoms with Crippen LogP contribution >= 0.6 is 0 Å². The van der Waals surface area contributed by atoms with Crippen LogP contribution in [-0.4, -0.2) is 47.0 Å². The lowest BCUT2D eigenvalue weighted by molar-refractivity contribution is -0.136. The zero-order valence-electron chi connectivity index (χ0n) is 19.5. The van der Waals surface area contributed by atoms with Gasteiger partial charge < -0.3 is 9.80 Å². The number of amides is 1. The Morgan fingerprint density at radius 3 is 2.19 bits per heavy atom. The SMILES string of the molecule is Cc1ccc(-c2nc(C)c(C(C)C)c(N3CCN(C(=O)C4CCCCC4)CC3)n2)cc1. The first-order valence-corrected chi connectivity index (χ1v) is 11.9. The van der Waals surface area contributed by atoms with Crippen LogP contribution in [0.4, 0.5) is 5.82 Å². The number of carbonyl (C=O) groups excluding carboxylic acids is 1. The molecule has 2 aliphatic rings. The summed E-state index contributed by atoms with van der Waals surface area (Å²) < 4.78 is 0. The summed E-state index contributed by atoms with van der Waals surface area (Å²) in [6, 6.07) is 8.42. The second-order valence-corrected chi connectivity index (χ2v) is 9.54. The number of anilines is 1. The maximum Gasteiger partial charge on any atom is 0.225 e. The van der Waals surface area contributed by atoms with Crippen molar-refractivity contribution in [1.29, 1.82) is 0 Å². The molecule has 1 aromatic heterocycles. The van der Waals surface area contributed by atoms with Crippen LogP contribution in [0.15, 0.2) is 24.3 Å². The molecule has 1 aliphatic carbocycles. The van der Waals surface area contributed by atoms with Crippen molar-refractivity contribution < 1.29 is 4.79 Å². The largest absolute Gasteiger partial charge is 0.353 e. The van der Waals surface area contributed by atoms with Crippen molar-refractivity contribution in [2.45, 2.75) is 65.7 Å². The van der Waals surface area contributed by atoms with E-state index in [1.165, 1.54) is 30.4 Å². The first kappa shape index (κ1) is 21.8. The highest BCUT2D eigenvalue weighted by Gasteiger charge is 2.30. The van der Waals surface area contributed by atoms with Gasteiger partial charge in [-0.25, -0.2) is 9.97 Å². The molecule has 5 heteroatoms. The van der Waals surface area contributed by atoms with Crippen molar-refractivity contribution in [3.63, 3.8) is 0 Å². The Morgan fingerprint density at radius 2 is 1.58 bits per heavy atom. The highest BCUT2D eigenvalue weighted by Crippen LogP contribution is 2.32. The number of hydrogen-bond acceptors (Lipinski definition) is 4. The second-order valence-electron chi connectivity index (χ2n) is 9.54. The van der Waals surface area contributed by atoms with E-state index in [4.69, 9.17) is 9.97 Å². The van der Waals surface area contributed by atoms with Gasteiger partial charge in [-0.15, -0.1) is 0 Å². The number of nitrogens with zero attached hydrogens (tertiary/aromatic N) is 4. The number of rotatable bonds is 4. The molecule has 0 unspecified atom stereocenters. The summed E-state index contributed by atoms with van der Waals surface area (Å²) in [6.07, 6.45) is 5.83. The first-order chi connectivity index (χ1) is 14.9. The molecule has 2 heterocycles. The van der Waals surface area contributed by atoms with Gasteiger partial charge in [0.25, 0.3) is 0 Å². The summed E-state index contributed by atoms with van der Waals surface area (Å²) in [5.74, 6) is 2.81. The molecular weight excluding hydrogens is 384 g/mol. The molecule has 0 atom stereocenters. The summed E-state index contributed by atoms with van der Waals surface area (Å²) in [5, 5.41) is 0. The van der Waals surface area contributed by atoms with E-state index in [-0.39, 0.29) is 5.92 Å². The maximum atomic E-state index is 13.0. The highest BCUT2D eigenvalue weighted by molar-refractivity contribution is 5.79. The van der Waals surface area contributed by atoms with Gasteiger partial charge in [-0.1, -0.05) is 62.9 Å². The zero-order valence-corrected chi connectivity index (χ0v) is 19.5. The number of hydrogen-bond donors (Lipinski definition) is 0. The normalized spacial score (nSPS) is 18.0. The molecule has 1 saturated carbocycles. The molecule has 5 nitrogen and oxygen atoms in total. The smallest absolute Gasteiger partial charge is 0.225 e. The molecular formula is C26H36N4O. The third kappa shape index (κ3) is 4.76. The predicted molar refractivity (Wildman–Crippen MR) is 126 cm³/mol. The average Bonchev–Trinajstić information content (AvgIpc) is 2.79. The van der Waals surface area contributed by atoms with Crippen LogP contribution in [0.5, 0.6) is 0 Å². The van der Waals surface area contributed by atoms with Crippen molar-refractivity contribution in [2.75, 3.05) is 31.1 Å². The van der Waals surface area contributed by atoms with Crippen LogP contribution in [0.3, 0.4) is 0 Å². The van der Waals surface area contributed by atoms with Gasteiger partial charge in [-0.3, -0.25) is 4.79 Å². The van der Waals surface area contributed by atoms with E-state index in [2.05, 4.69) is 61.8 Å². The molecule has 2 aromatic rings. The number of aromatic nitrogens is 2.